The average Bonchev–Trinajstić information content (AvgIpc) is 3.10. The highest BCUT2D eigenvalue weighted by atomic mass is 16.5. The first-order valence-electron chi connectivity index (χ1n) is 8.58. The molecule has 6 heteroatoms. The highest BCUT2D eigenvalue weighted by Gasteiger charge is 2.30. The molecule has 0 saturated carbocycles. The van der Waals surface area contributed by atoms with Crippen molar-refractivity contribution in [3.05, 3.63) is 59.7 Å². The molecule has 1 atom stereocenters. The Morgan fingerprint density at radius 2 is 2.00 bits per heavy atom. The first-order valence-corrected chi connectivity index (χ1v) is 8.58. The van der Waals surface area contributed by atoms with Crippen LogP contribution in [0.1, 0.15) is 28.8 Å². The van der Waals surface area contributed by atoms with Gasteiger partial charge in [0.15, 0.2) is 0 Å². The Bertz CT molecular complexity index is 789. The Kier molecular flexibility index (Phi) is 5.53. The maximum Gasteiger partial charge on any atom is 0.320 e. The number of nitrogens with one attached hydrogen (secondary N) is 1. The SMILES string of the molecule is COc1ccc(C(=O)Nc2cccc(CN3CCC[C@@H]3C(=O)O)c2)cc1. The summed E-state index contributed by atoms with van der Waals surface area (Å²) in [5, 5.41) is 12.2. The minimum atomic E-state index is -0.772. The summed E-state index contributed by atoms with van der Waals surface area (Å²) in [6.45, 7) is 1.34. The predicted octanol–water partition coefficient (Wildman–Crippen LogP) is 3.00. The molecule has 1 amide bonds. The van der Waals surface area contributed by atoms with Crippen LogP contribution in [0, 0.1) is 0 Å². The maximum atomic E-state index is 12.4. The van der Waals surface area contributed by atoms with Gasteiger partial charge in [0.25, 0.3) is 5.91 Å². The Morgan fingerprint density at radius 3 is 2.69 bits per heavy atom. The normalized spacial score (nSPS) is 17.0. The van der Waals surface area contributed by atoms with Gasteiger partial charge in [0.05, 0.1) is 7.11 Å². The van der Waals surface area contributed by atoms with Crippen molar-refractivity contribution in [2.24, 2.45) is 0 Å². The Morgan fingerprint density at radius 1 is 1.23 bits per heavy atom. The molecular formula is C20H22N2O4. The lowest BCUT2D eigenvalue weighted by molar-refractivity contribution is -0.142. The van der Waals surface area contributed by atoms with Crippen LogP contribution in [0.15, 0.2) is 48.5 Å². The third-order valence-electron chi connectivity index (χ3n) is 4.57. The second-order valence-corrected chi connectivity index (χ2v) is 6.35. The largest absolute Gasteiger partial charge is 0.497 e. The lowest BCUT2D eigenvalue weighted by Crippen LogP contribution is -2.35. The number of hydrogen-bond donors (Lipinski definition) is 2. The molecular weight excluding hydrogens is 332 g/mol. The number of carbonyl (C=O) groups excluding carboxylic acids is 1. The summed E-state index contributed by atoms with van der Waals surface area (Å²) in [6, 6.07) is 14.0. The lowest BCUT2D eigenvalue weighted by atomic mass is 10.1. The molecule has 0 aromatic heterocycles. The third kappa shape index (κ3) is 4.21. The van der Waals surface area contributed by atoms with Gasteiger partial charge >= 0.3 is 5.97 Å². The first kappa shape index (κ1) is 17.9. The van der Waals surface area contributed by atoms with Crippen LogP contribution in [0.25, 0.3) is 0 Å². The van der Waals surface area contributed by atoms with Crippen LogP contribution in [0.3, 0.4) is 0 Å². The number of benzene rings is 2. The van der Waals surface area contributed by atoms with Crippen molar-refractivity contribution >= 4 is 17.6 Å². The van der Waals surface area contributed by atoms with Gasteiger partial charge in [0, 0.05) is 17.8 Å². The van der Waals surface area contributed by atoms with E-state index in [1.54, 1.807) is 31.4 Å². The van der Waals surface area contributed by atoms with Crippen molar-refractivity contribution in [2.45, 2.75) is 25.4 Å². The first-order chi connectivity index (χ1) is 12.6. The van der Waals surface area contributed by atoms with Crippen LogP contribution < -0.4 is 10.1 Å². The molecule has 136 valence electrons. The number of carboxylic acids is 1. The van der Waals surface area contributed by atoms with E-state index in [1.165, 1.54) is 0 Å². The predicted molar refractivity (Wildman–Crippen MR) is 98.5 cm³/mol. The van der Waals surface area contributed by atoms with E-state index < -0.39 is 12.0 Å². The number of carbonyl (C=O) groups is 2. The van der Waals surface area contributed by atoms with E-state index in [-0.39, 0.29) is 5.91 Å². The topological polar surface area (TPSA) is 78.9 Å². The van der Waals surface area contributed by atoms with Crippen LogP contribution in [-0.2, 0) is 11.3 Å². The zero-order valence-electron chi connectivity index (χ0n) is 14.6. The van der Waals surface area contributed by atoms with Crippen molar-refractivity contribution in [1.29, 1.82) is 0 Å². The lowest BCUT2D eigenvalue weighted by Gasteiger charge is -2.21. The fourth-order valence-electron chi connectivity index (χ4n) is 3.22. The molecule has 0 spiro atoms. The number of carboxylic acid groups (broad SMARTS) is 1. The van der Waals surface area contributed by atoms with Crippen LogP contribution in [0.4, 0.5) is 5.69 Å². The number of hydrogen-bond acceptors (Lipinski definition) is 4. The monoisotopic (exact) mass is 354 g/mol. The molecule has 0 unspecified atom stereocenters. The van der Waals surface area contributed by atoms with Crippen LogP contribution in [0.5, 0.6) is 5.75 Å². The van der Waals surface area contributed by atoms with Crippen molar-refractivity contribution < 1.29 is 19.4 Å². The van der Waals surface area contributed by atoms with E-state index in [0.717, 1.165) is 18.5 Å². The molecule has 6 nitrogen and oxygen atoms in total. The number of likely N-dealkylation sites (tertiary alicyclic amines) is 1. The molecule has 26 heavy (non-hydrogen) atoms. The van der Waals surface area contributed by atoms with E-state index in [2.05, 4.69) is 5.32 Å². The fourth-order valence-corrected chi connectivity index (χ4v) is 3.22. The second kappa shape index (κ2) is 8.01. The van der Waals surface area contributed by atoms with Gasteiger partial charge in [-0.05, 0) is 61.3 Å². The summed E-state index contributed by atoms with van der Waals surface area (Å²) >= 11 is 0. The molecule has 0 aliphatic carbocycles. The van der Waals surface area contributed by atoms with Crippen LogP contribution in [-0.4, -0.2) is 41.6 Å². The van der Waals surface area contributed by atoms with Crippen molar-refractivity contribution in [1.82, 2.24) is 4.90 Å². The molecule has 1 aliphatic heterocycles. The van der Waals surface area contributed by atoms with Crippen molar-refractivity contribution in [3.63, 3.8) is 0 Å². The summed E-state index contributed by atoms with van der Waals surface area (Å²) in [6.07, 6.45) is 1.58. The summed E-state index contributed by atoms with van der Waals surface area (Å²) < 4.78 is 5.09. The third-order valence-corrected chi connectivity index (χ3v) is 4.57. The Balaban J connectivity index is 1.66. The standard InChI is InChI=1S/C20H22N2O4/c1-26-17-9-7-15(8-10-17)19(23)21-16-5-2-4-14(12-16)13-22-11-3-6-18(22)20(24)25/h2,4-5,7-10,12,18H,3,6,11,13H2,1H3,(H,21,23)(H,24,25)/t18-/m1/s1. The molecule has 1 fully saturated rings. The van der Waals surface area contributed by atoms with Crippen molar-refractivity contribution in [3.8, 4) is 5.75 Å². The van der Waals surface area contributed by atoms with E-state index >= 15 is 0 Å². The van der Waals surface area contributed by atoms with Gasteiger partial charge in [-0.1, -0.05) is 12.1 Å². The van der Waals surface area contributed by atoms with Gasteiger partial charge in [-0.3, -0.25) is 14.5 Å². The van der Waals surface area contributed by atoms with Crippen LogP contribution >= 0.6 is 0 Å². The zero-order valence-corrected chi connectivity index (χ0v) is 14.6. The van der Waals surface area contributed by atoms with Gasteiger partial charge in [-0.25, -0.2) is 0 Å². The molecule has 2 aromatic rings. The molecule has 1 saturated heterocycles. The Labute approximate surface area is 152 Å². The molecule has 1 heterocycles. The summed E-state index contributed by atoms with van der Waals surface area (Å²) in [5.74, 6) is -0.275. The zero-order chi connectivity index (χ0) is 18.5. The molecule has 2 aromatic carbocycles. The van der Waals surface area contributed by atoms with E-state index in [4.69, 9.17) is 4.74 Å². The number of nitrogens with zero attached hydrogens (tertiary/aromatic N) is 1. The number of rotatable bonds is 6. The van der Waals surface area contributed by atoms with Gasteiger partial charge in [-0.15, -0.1) is 0 Å². The minimum absolute atomic E-state index is 0.200. The van der Waals surface area contributed by atoms with E-state index in [0.29, 0.717) is 30.0 Å². The molecule has 2 N–H and O–H groups in total. The number of ether oxygens (including phenoxy) is 1. The highest BCUT2D eigenvalue weighted by Crippen LogP contribution is 2.22. The quantitative estimate of drug-likeness (QED) is 0.834. The summed E-state index contributed by atoms with van der Waals surface area (Å²) in [5.41, 5.74) is 2.21. The van der Waals surface area contributed by atoms with Gasteiger partial charge in [0.2, 0.25) is 0 Å². The maximum absolute atomic E-state index is 12.4. The molecule has 3 rings (SSSR count). The fraction of sp³-hybridized carbons (Fsp3) is 0.300. The van der Waals surface area contributed by atoms with Crippen LogP contribution in [0.2, 0.25) is 0 Å². The van der Waals surface area contributed by atoms with Gasteiger partial charge in [-0.2, -0.15) is 0 Å². The molecule has 0 radical (unpaired) electrons. The van der Waals surface area contributed by atoms with E-state index in [9.17, 15) is 14.7 Å². The molecule has 1 aliphatic rings. The molecule has 0 bridgehead atoms. The number of methoxy groups -OCH3 is 1. The number of aliphatic carboxylic acids is 1. The average molecular weight is 354 g/mol. The second-order valence-electron chi connectivity index (χ2n) is 6.35. The smallest absolute Gasteiger partial charge is 0.320 e. The van der Waals surface area contributed by atoms with Gasteiger partial charge in [0.1, 0.15) is 11.8 Å². The summed E-state index contributed by atoms with van der Waals surface area (Å²) in [7, 11) is 1.58. The number of anilines is 1. The van der Waals surface area contributed by atoms with Gasteiger partial charge < -0.3 is 15.2 Å². The Hall–Kier alpha value is -2.86. The van der Waals surface area contributed by atoms with E-state index in [1.807, 2.05) is 29.2 Å². The highest BCUT2D eigenvalue weighted by molar-refractivity contribution is 6.04. The minimum Gasteiger partial charge on any atom is -0.497 e. The van der Waals surface area contributed by atoms with Crippen molar-refractivity contribution in [2.75, 3.05) is 19.0 Å². The number of amides is 1. The summed E-state index contributed by atoms with van der Waals surface area (Å²) in [4.78, 5) is 25.6.